The molecule has 21 nitrogen and oxygen atoms in total. The van der Waals surface area contributed by atoms with Crippen molar-refractivity contribution < 1.29 is 95.5 Å². The molecule has 0 aromatic heterocycles. The van der Waals surface area contributed by atoms with Crippen LogP contribution in [0.2, 0.25) is 0 Å². The SMILES string of the molecule is CC(CO)COCC(C)OCC(C)OCC(C)OCC(C)OCC(C)OCC(C)OCC(C)OCC(C)OCC(C)OCC(C)OCC(C)OCC(C)OCC(C)OCC(C)OCC(C)OCC(C)OCC(Cc1ccccc1)NC(=O)CCc1ccc(O)cc1. The molecule has 0 saturated heterocycles. The number of phenols is 1. The smallest absolute Gasteiger partial charge is 0.220 e. The van der Waals surface area contributed by atoms with Crippen LogP contribution in [0.25, 0.3) is 0 Å². The maximum Gasteiger partial charge on any atom is 0.220 e. The molecule has 18 atom stereocenters. The fraction of sp³-hybridized carbons (Fsp3) is 0.814. The highest BCUT2D eigenvalue weighted by atomic mass is 16.6. The molecule has 2 aromatic carbocycles. The molecule has 0 aliphatic carbocycles. The molecule has 0 aliphatic heterocycles. The zero-order chi connectivity index (χ0) is 67.3. The van der Waals surface area contributed by atoms with Gasteiger partial charge in [-0.05, 0) is 147 Å². The van der Waals surface area contributed by atoms with E-state index in [0.717, 1.165) is 11.1 Å². The normalized spacial score (nSPS) is 18.1. The monoisotopic (exact) mass is 1300 g/mol. The zero-order valence-corrected chi connectivity index (χ0v) is 58.9. The van der Waals surface area contributed by atoms with Gasteiger partial charge in [-0.2, -0.15) is 0 Å². The Bertz CT molecular complexity index is 2020. The maximum atomic E-state index is 12.9. The number of amides is 1. The van der Waals surface area contributed by atoms with Crippen LogP contribution < -0.4 is 5.32 Å². The summed E-state index contributed by atoms with van der Waals surface area (Å²) >= 11 is 0. The number of hydrogen-bond acceptors (Lipinski definition) is 20. The number of carbonyl (C=O) groups excluding carboxylic acids is 1. The number of aliphatic hydroxyl groups excluding tert-OH is 1. The fourth-order valence-corrected chi connectivity index (χ4v) is 8.31. The van der Waals surface area contributed by atoms with Crippen molar-refractivity contribution in [1.29, 1.82) is 0 Å². The largest absolute Gasteiger partial charge is 0.508 e. The molecule has 0 bridgehead atoms. The first kappa shape index (κ1) is 84.1. The summed E-state index contributed by atoms with van der Waals surface area (Å²) in [4.78, 5) is 12.9. The van der Waals surface area contributed by atoms with Gasteiger partial charge in [0.2, 0.25) is 5.91 Å². The van der Waals surface area contributed by atoms with Gasteiger partial charge >= 0.3 is 0 Å². The van der Waals surface area contributed by atoms with E-state index in [1.54, 1.807) is 12.1 Å². The van der Waals surface area contributed by atoms with Gasteiger partial charge in [0.1, 0.15) is 5.75 Å². The van der Waals surface area contributed by atoms with Gasteiger partial charge in [0.05, 0.1) is 223 Å². The highest BCUT2D eigenvalue weighted by Crippen LogP contribution is 2.14. The van der Waals surface area contributed by atoms with Crippen LogP contribution in [0.15, 0.2) is 54.6 Å². The van der Waals surface area contributed by atoms with Gasteiger partial charge in [-0.1, -0.05) is 49.4 Å². The van der Waals surface area contributed by atoms with Gasteiger partial charge in [0, 0.05) is 18.9 Å². The Morgan fingerprint density at radius 2 is 0.582 bits per heavy atom. The number of rotatable bonds is 59. The highest BCUT2D eigenvalue weighted by Gasteiger charge is 2.21. The molecule has 0 radical (unpaired) electrons. The van der Waals surface area contributed by atoms with E-state index in [2.05, 4.69) is 5.32 Å². The average Bonchev–Trinajstić information content (AvgIpc) is 3.75. The minimum atomic E-state index is -0.204. The van der Waals surface area contributed by atoms with Crippen molar-refractivity contribution in [3.8, 4) is 5.75 Å². The summed E-state index contributed by atoms with van der Waals surface area (Å²) in [6, 6.07) is 16.8. The third-order valence-electron chi connectivity index (χ3n) is 14.1. The van der Waals surface area contributed by atoms with Crippen LogP contribution in [-0.2, 0) is 98.2 Å². The van der Waals surface area contributed by atoms with Gasteiger partial charge in [-0.25, -0.2) is 0 Å². The van der Waals surface area contributed by atoms with Crippen LogP contribution in [-0.4, -0.2) is 245 Å². The Labute approximate surface area is 548 Å². The van der Waals surface area contributed by atoms with Crippen molar-refractivity contribution in [3.05, 3.63) is 65.7 Å². The highest BCUT2D eigenvalue weighted by molar-refractivity contribution is 5.76. The lowest BCUT2D eigenvalue weighted by atomic mass is 10.1. The summed E-state index contributed by atoms with van der Waals surface area (Å²) in [5.74, 6) is 0.269. The van der Waals surface area contributed by atoms with E-state index in [1.165, 1.54) is 0 Å². The topological polar surface area (TPSA) is 226 Å². The number of hydrogen-bond donors (Lipinski definition) is 3. The molecule has 0 heterocycles. The second-order valence-electron chi connectivity index (χ2n) is 25.2. The quantitative estimate of drug-likeness (QED) is 0.0561. The van der Waals surface area contributed by atoms with Crippen molar-refractivity contribution in [1.82, 2.24) is 5.32 Å². The van der Waals surface area contributed by atoms with Crippen LogP contribution in [0.4, 0.5) is 0 Å². The Morgan fingerprint density at radius 3 is 0.846 bits per heavy atom. The van der Waals surface area contributed by atoms with Crippen LogP contribution >= 0.6 is 0 Å². The molecule has 21 heteroatoms. The summed E-state index contributed by atoms with van der Waals surface area (Å²) in [5.41, 5.74) is 2.10. The lowest BCUT2D eigenvalue weighted by Crippen LogP contribution is -2.41. The lowest BCUT2D eigenvalue weighted by Gasteiger charge is -2.24. The molecule has 0 aliphatic rings. The molecule has 1 amide bonds. The van der Waals surface area contributed by atoms with Crippen LogP contribution in [0, 0.1) is 5.92 Å². The number of ether oxygens (including phenoxy) is 17. The minimum Gasteiger partial charge on any atom is -0.508 e. The van der Waals surface area contributed by atoms with Crippen LogP contribution in [0.1, 0.15) is 135 Å². The van der Waals surface area contributed by atoms with Gasteiger partial charge < -0.3 is 96.1 Å². The standard InChI is InChI=1S/C70H125NO20/c1-49(30-72)31-75-32-50(2)76-33-51(3)77-34-52(4)78-35-53(5)79-36-54(6)80-37-55(7)81-38-56(8)82-39-57(9)83-40-58(10)84-41-59(11)85-42-60(12)86-43-61(13)87-44-62(14)88-45-63(15)89-46-64(16)90-47-65(17)91-48-68(29-67-21-19-18-20-22-67)71-70(74)28-25-66-23-26-69(73)27-24-66/h18-24,26-27,49-65,68,72-73H,25,28-48H2,1-17H3,(H,71,74). The Hall–Kier alpha value is -3.01. The maximum absolute atomic E-state index is 12.9. The summed E-state index contributed by atoms with van der Waals surface area (Å²) < 4.78 is 102. The molecule has 0 fully saturated rings. The van der Waals surface area contributed by atoms with E-state index < -0.39 is 0 Å². The number of aryl methyl sites for hydroxylation is 1. The molecular weight excluding hydrogens is 1170 g/mol. The predicted molar refractivity (Wildman–Crippen MR) is 352 cm³/mol. The molecule has 0 saturated carbocycles. The van der Waals surface area contributed by atoms with Gasteiger partial charge in [-0.3, -0.25) is 4.79 Å². The number of phenolic OH excluding ortho intramolecular Hbond substituents is 1. The third-order valence-corrected chi connectivity index (χ3v) is 14.1. The summed E-state index contributed by atoms with van der Waals surface area (Å²) in [5, 5.41) is 21.9. The number of nitrogens with one attached hydrogen (secondary N) is 1. The first-order valence-electron chi connectivity index (χ1n) is 33.5. The average molecular weight is 1300 g/mol. The summed E-state index contributed by atoms with van der Waals surface area (Å²) in [6.07, 6.45) is -0.421. The van der Waals surface area contributed by atoms with Crippen molar-refractivity contribution in [2.45, 2.75) is 241 Å². The van der Waals surface area contributed by atoms with E-state index in [-0.39, 0.29) is 128 Å². The molecule has 2 aromatic rings. The van der Waals surface area contributed by atoms with Crippen molar-refractivity contribution in [2.75, 3.05) is 126 Å². The predicted octanol–water partition coefficient (Wildman–Crippen LogP) is 9.18. The van der Waals surface area contributed by atoms with Crippen molar-refractivity contribution in [3.63, 3.8) is 0 Å². The molecule has 3 N–H and O–H groups in total. The van der Waals surface area contributed by atoms with E-state index in [9.17, 15) is 9.90 Å². The van der Waals surface area contributed by atoms with Gasteiger partial charge in [0.15, 0.2) is 0 Å². The molecule has 2 rings (SSSR count). The number of aromatic hydroxyl groups is 1. The Balaban J connectivity index is 1.47. The molecule has 530 valence electrons. The lowest BCUT2D eigenvalue weighted by molar-refractivity contribution is -0.122. The molecule has 18 unspecified atom stereocenters. The first-order chi connectivity index (χ1) is 43.4. The zero-order valence-electron chi connectivity index (χ0n) is 58.9. The Morgan fingerprint density at radius 1 is 0.330 bits per heavy atom. The third kappa shape index (κ3) is 46.7. The minimum absolute atomic E-state index is 0.0500. The van der Waals surface area contributed by atoms with E-state index >= 15 is 0 Å². The van der Waals surface area contributed by atoms with Gasteiger partial charge in [0.25, 0.3) is 0 Å². The van der Waals surface area contributed by atoms with E-state index in [0.29, 0.717) is 138 Å². The molecule has 91 heavy (non-hydrogen) atoms. The molecule has 0 spiro atoms. The van der Waals surface area contributed by atoms with Gasteiger partial charge in [-0.15, -0.1) is 0 Å². The summed E-state index contributed by atoms with van der Waals surface area (Å²) in [6.45, 7) is 41.4. The first-order valence-corrected chi connectivity index (χ1v) is 33.5. The number of aliphatic hydroxyl groups is 1. The van der Waals surface area contributed by atoms with E-state index in [1.807, 2.05) is 160 Å². The molecular formula is C70H125NO20. The van der Waals surface area contributed by atoms with Crippen LogP contribution in [0.5, 0.6) is 5.75 Å². The number of benzene rings is 2. The van der Waals surface area contributed by atoms with Crippen molar-refractivity contribution >= 4 is 5.91 Å². The fourth-order valence-electron chi connectivity index (χ4n) is 8.31. The number of carbonyl (C=O) groups is 1. The summed E-state index contributed by atoms with van der Waals surface area (Å²) in [7, 11) is 0. The van der Waals surface area contributed by atoms with Crippen molar-refractivity contribution in [2.24, 2.45) is 5.92 Å². The second-order valence-corrected chi connectivity index (χ2v) is 25.2. The van der Waals surface area contributed by atoms with E-state index in [4.69, 9.17) is 85.6 Å². The van der Waals surface area contributed by atoms with Crippen LogP contribution in [0.3, 0.4) is 0 Å². The Kier molecular flexibility index (Phi) is 47.4. The second kappa shape index (κ2) is 51.3.